The second kappa shape index (κ2) is 7.74. The second-order valence-electron chi connectivity index (χ2n) is 5.41. The predicted molar refractivity (Wildman–Crippen MR) is 95.2 cm³/mol. The molecule has 0 fully saturated rings. The van der Waals surface area contributed by atoms with Crippen LogP contribution in [-0.4, -0.2) is 16.5 Å². The van der Waals surface area contributed by atoms with Gasteiger partial charge in [0.05, 0.1) is 5.69 Å². The monoisotopic (exact) mass is 325 g/mol. The average Bonchev–Trinajstić information content (AvgIpc) is 3.05. The van der Waals surface area contributed by atoms with E-state index in [9.17, 15) is 4.79 Å². The molecule has 0 saturated carbocycles. The maximum absolute atomic E-state index is 11.8. The molecule has 2 heterocycles. The first-order valence-corrected chi connectivity index (χ1v) is 8.63. The lowest BCUT2D eigenvalue weighted by molar-refractivity contribution is 0.847. The van der Waals surface area contributed by atoms with E-state index in [0.717, 1.165) is 25.1 Å². The van der Waals surface area contributed by atoms with Crippen LogP contribution in [0.5, 0.6) is 0 Å². The van der Waals surface area contributed by atoms with Crippen LogP contribution in [0.4, 0.5) is 5.95 Å². The number of aromatic nitrogens is 2. The second-order valence-corrected chi connectivity index (χ2v) is 6.19. The smallest absolute Gasteiger partial charge is 0.252 e. The Kier molecular flexibility index (Phi) is 5.21. The van der Waals surface area contributed by atoms with E-state index in [-0.39, 0.29) is 5.56 Å². The van der Waals surface area contributed by atoms with Crippen LogP contribution in [0.2, 0.25) is 0 Å². The molecule has 0 spiro atoms. The van der Waals surface area contributed by atoms with E-state index in [0.29, 0.717) is 12.4 Å². The Hall–Kier alpha value is -2.40. The van der Waals surface area contributed by atoms with Gasteiger partial charge in [-0.3, -0.25) is 9.78 Å². The van der Waals surface area contributed by atoms with E-state index in [1.54, 1.807) is 17.4 Å². The van der Waals surface area contributed by atoms with Crippen LogP contribution in [0.25, 0.3) is 0 Å². The van der Waals surface area contributed by atoms with Gasteiger partial charge in [-0.1, -0.05) is 30.3 Å². The molecule has 3 aromatic rings. The SMILES string of the molecule is O=c1cc(Cc2ccsc2)nc(NCCCc2ccccc2)[nH]1. The van der Waals surface area contributed by atoms with Gasteiger partial charge in [-0.05, 0) is 40.8 Å². The van der Waals surface area contributed by atoms with Crippen LogP contribution < -0.4 is 10.9 Å². The first kappa shape index (κ1) is 15.5. The minimum Gasteiger partial charge on any atom is -0.356 e. The zero-order chi connectivity index (χ0) is 15.9. The van der Waals surface area contributed by atoms with Crippen molar-refractivity contribution in [3.05, 3.63) is 80.4 Å². The van der Waals surface area contributed by atoms with Gasteiger partial charge in [-0.2, -0.15) is 11.3 Å². The van der Waals surface area contributed by atoms with Gasteiger partial charge >= 0.3 is 0 Å². The highest BCUT2D eigenvalue weighted by atomic mass is 32.1. The van der Waals surface area contributed by atoms with Crippen molar-refractivity contribution in [3.63, 3.8) is 0 Å². The van der Waals surface area contributed by atoms with Gasteiger partial charge in [-0.25, -0.2) is 4.98 Å². The van der Waals surface area contributed by atoms with Crippen molar-refractivity contribution in [2.45, 2.75) is 19.3 Å². The highest BCUT2D eigenvalue weighted by Crippen LogP contribution is 2.11. The van der Waals surface area contributed by atoms with Crippen LogP contribution >= 0.6 is 11.3 Å². The number of benzene rings is 1. The number of thiophene rings is 1. The third-order valence-corrected chi connectivity index (χ3v) is 4.27. The molecular weight excluding hydrogens is 306 g/mol. The van der Waals surface area contributed by atoms with Crippen LogP contribution in [0.15, 0.2) is 58.0 Å². The fourth-order valence-electron chi connectivity index (χ4n) is 2.43. The molecule has 2 N–H and O–H groups in total. The summed E-state index contributed by atoms with van der Waals surface area (Å²) in [4.78, 5) is 19.0. The van der Waals surface area contributed by atoms with Crippen molar-refractivity contribution in [1.82, 2.24) is 9.97 Å². The molecular formula is C18H19N3OS. The predicted octanol–water partition coefficient (Wildman–Crippen LogP) is 3.47. The largest absolute Gasteiger partial charge is 0.356 e. The van der Waals surface area contributed by atoms with Gasteiger partial charge in [0.25, 0.3) is 5.56 Å². The number of aromatic amines is 1. The third-order valence-electron chi connectivity index (χ3n) is 3.54. The van der Waals surface area contributed by atoms with Crippen molar-refractivity contribution in [1.29, 1.82) is 0 Å². The molecule has 2 aromatic heterocycles. The highest BCUT2D eigenvalue weighted by molar-refractivity contribution is 7.07. The summed E-state index contributed by atoms with van der Waals surface area (Å²) in [6, 6.07) is 14.0. The molecule has 23 heavy (non-hydrogen) atoms. The summed E-state index contributed by atoms with van der Waals surface area (Å²) in [5.74, 6) is 0.552. The summed E-state index contributed by atoms with van der Waals surface area (Å²) in [5, 5.41) is 7.32. The lowest BCUT2D eigenvalue weighted by Gasteiger charge is -2.07. The topological polar surface area (TPSA) is 57.8 Å². The normalized spacial score (nSPS) is 10.6. The number of hydrogen-bond donors (Lipinski definition) is 2. The molecule has 0 aliphatic rings. The molecule has 0 unspecified atom stereocenters. The van der Waals surface area contributed by atoms with Crippen LogP contribution in [0.1, 0.15) is 23.2 Å². The first-order chi connectivity index (χ1) is 11.3. The Morgan fingerprint density at radius 3 is 2.78 bits per heavy atom. The van der Waals surface area contributed by atoms with Crippen molar-refractivity contribution in [2.24, 2.45) is 0 Å². The van der Waals surface area contributed by atoms with Crippen LogP contribution in [-0.2, 0) is 12.8 Å². The molecule has 0 aliphatic carbocycles. The molecule has 118 valence electrons. The van der Waals surface area contributed by atoms with Crippen molar-refractivity contribution in [3.8, 4) is 0 Å². The van der Waals surface area contributed by atoms with Crippen molar-refractivity contribution >= 4 is 17.3 Å². The van der Waals surface area contributed by atoms with Gasteiger partial charge < -0.3 is 5.32 Å². The van der Waals surface area contributed by atoms with E-state index in [1.807, 2.05) is 11.4 Å². The van der Waals surface area contributed by atoms with Crippen LogP contribution in [0.3, 0.4) is 0 Å². The van der Waals surface area contributed by atoms with Crippen molar-refractivity contribution in [2.75, 3.05) is 11.9 Å². The molecule has 0 bridgehead atoms. The van der Waals surface area contributed by atoms with E-state index in [2.05, 4.69) is 51.0 Å². The zero-order valence-corrected chi connectivity index (χ0v) is 13.6. The van der Waals surface area contributed by atoms with Gasteiger partial charge in [0.2, 0.25) is 5.95 Å². The number of anilines is 1. The van der Waals surface area contributed by atoms with Gasteiger partial charge in [-0.15, -0.1) is 0 Å². The Morgan fingerprint density at radius 1 is 1.13 bits per heavy atom. The molecule has 5 heteroatoms. The molecule has 3 rings (SSSR count). The Labute approximate surface area is 139 Å². The zero-order valence-electron chi connectivity index (χ0n) is 12.8. The molecule has 0 radical (unpaired) electrons. The Morgan fingerprint density at radius 2 is 2.00 bits per heavy atom. The van der Waals surface area contributed by atoms with E-state index < -0.39 is 0 Å². The third kappa shape index (κ3) is 4.79. The van der Waals surface area contributed by atoms with E-state index in [1.165, 1.54) is 11.1 Å². The Balaban J connectivity index is 1.55. The number of H-pyrrole nitrogens is 1. The maximum atomic E-state index is 11.8. The van der Waals surface area contributed by atoms with Crippen molar-refractivity contribution < 1.29 is 0 Å². The quantitative estimate of drug-likeness (QED) is 0.654. The lowest BCUT2D eigenvalue weighted by Crippen LogP contribution is -2.15. The maximum Gasteiger partial charge on any atom is 0.252 e. The molecule has 0 aliphatic heterocycles. The number of nitrogens with one attached hydrogen (secondary N) is 2. The Bertz CT molecular complexity index is 782. The van der Waals surface area contributed by atoms with Crippen LogP contribution in [0, 0.1) is 0 Å². The van der Waals surface area contributed by atoms with Gasteiger partial charge in [0, 0.05) is 19.0 Å². The fourth-order valence-corrected chi connectivity index (χ4v) is 3.10. The summed E-state index contributed by atoms with van der Waals surface area (Å²) in [6.45, 7) is 0.778. The number of aryl methyl sites for hydroxylation is 1. The molecule has 0 atom stereocenters. The highest BCUT2D eigenvalue weighted by Gasteiger charge is 2.03. The number of hydrogen-bond acceptors (Lipinski definition) is 4. The molecule has 4 nitrogen and oxygen atoms in total. The minimum absolute atomic E-state index is 0.115. The van der Waals surface area contributed by atoms with E-state index >= 15 is 0 Å². The molecule has 0 saturated heterocycles. The number of rotatable bonds is 7. The average molecular weight is 325 g/mol. The summed E-state index contributed by atoms with van der Waals surface area (Å²) in [7, 11) is 0. The van der Waals surface area contributed by atoms with Gasteiger partial charge in [0.1, 0.15) is 0 Å². The number of nitrogens with zero attached hydrogens (tertiary/aromatic N) is 1. The standard InChI is InChI=1S/C18H19N3OS/c22-17-12-16(11-15-8-10-23-13-15)20-18(21-17)19-9-4-7-14-5-2-1-3-6-14/h1-3,5-6,8,10,12-13H,4,7,9,11H2,(H2,19,20,21,22). The lowest BCUT2D eigenvalue weighted by atomic mass is 10.1. The summed E-state index contributed by atoms with van der Waals surface area (Å²) in [6.07, 6.45) is 2.68. The summed E-state index contributed by atoms with van der Waals surface area (Å²) < 4.78 is 0. The van der Waals surface area contributed by atoms with E-state index in [4.69, 9.17) is 0 Å². The summed E-state index contributed by atoms with van der Waals surface area (Å²) in [5.41, 5.74) is 3.18. The summed E-state index contributed by atoms with van der Waals surface area (Å²) >= 11 is 1.65. The molecule has 1 aromatic carbocycles. The first-order valence-electron chi connectivity index (χ1n) is 7.69. The fraction of sp³-hybridized carbons (Fsp3) is 0.222. The van der Waals surface area contributed by atoms with Gasteiger partial charge in [0.15, 0.2) is 0 Å². The minimum atomic E-state index is -0.115. The molecule has 0 amide bonds.